The summed E-state index contributed by atoms with van der Waals surface area (Å²) in [6.07, 6.45) is 7.93. The van der Waals surface area contributed by atoms with Gasteiger partial charge in [-0.3, -0.25) is 9.59 Å². The number of ether oxygens (including phenoxy) is 2. The third kappa shape index (κ3) is 13.1. The summed E-state index contributed by atoms with van der Waals surface area (Å²) in [5.41, 5.74) is 7.42. The van der Waals surface area contributed by atoms with Crippen LogP contribution in [0.5, 0.6) is 11.5 Å². The Labute approximate surface area is 413 Å². The van der Waals surface area contributed by atoms with E-state index < -0.39 is 25.0 Å². The second-order valence-electron chi connectivity index (χ2n) is 25.4. The molecule has 1 fully saturated rings. The summed E-state index contributed by atoms with van der Waals surface area (Å²) < 4.78 is 31.4. The number of carbonyl (C=O) groups is 2. The topological polar surface area (TPSA) is 80.3 Å². The van der Waals surface area contributed by atoms with Crippen molar-refractivity contribution in [2.24, 2.45) is 35.5 Å². The quantitative estimate of drug-likeness (QED) is 0.155. The minimum Gasteiger partial charge on any atom is -0.496 e. The molecule has 0 bridgehead atoms. The smallest absolute Gasteiger partial charge is 0.193 e. The Morgan fingerprint density at radius 2 is 1.16 bits per heavy atom. The van der Waals surface area contributed by atoms with Gasteiger partial charge in [-0.05, 0) is 169 Å². The molecule has 7 nitrogen and oxygen atoms in total. The molecule has 10 heteroatoms. The minimum atomic E-state index is -2.10. The van der Waals surface area contributed by atoms with Crippen molar-refractivity contribution in [3.8, 4) is 11.5 Å². The van der Waals surface area contributed by atoms with E-state index in [1.807, 2.05) is 6.07 Å². The van der Waals surface area contributed by atoms with Crippen LogP contribution >= 0.6 is 0 Å². The number of benzene rings is 2. The summed E-state index contributed by atoms with van der Waals surface area (Å²) in [6.45, 7) is 40.6. The van der Waals surface area contributed by atoms with Crippen molar-refractivity contribution >= 4 is 36.5 Å². The average molecular weight is 978 g/mol. The molecule has 0 saturated heterocycles. The molecule has 4 aliphatic rings. The molecular weight excluding hydrogens is 881 g/mol. The zero-order chi connectivity index (χ0) is 49.4. The number of hydrogen-bond donors (Lipinski definition) is 0. The third-order valence-corrected chi connectivity index (χ3v) is 30.9. The number of rotatable bonds is 16. The molecule has 2 aromatic rings. The van der Waals surface area contributed by atoms with Gasteiger partial charge in [0.1, 0.15) is 17.3 Å². The van der Waals surface area contributed by atoms with Gasteiger partial charge in [0.25, 0.3) is 0 Å². The Hall–Kier alpha value is -2.35. The first-order chi connectivity index (χ1) is 30.4. The molecule has 0 aliphatic heterocycles. The monoisotopic (exact) mass is 977 g/mol. The highest BCUT2D eigenvalue weighted by molar-refractivity contribution is 6.75. The van der Waals surface area contributed by atoms with Gasteiger partial charge < -0.3 is 22.8 Å². The maximum absolute atomic E-state index is 13.5. The van der Waals surface area contributed by atoms with Crippen LogP contribution in [-0.4, -0.2) is 64.0 Å². The predicted octanol–water partition coefficient (Wildman–Crippen LogP) is 15.3. The number of hydrogen-bond acceptors (Lipinski definition) is 7. The number of carbonyl (C=O) groups excluding carboxylic acids is 2. The zero-order valence-electron chi connectivity index (χ0n) is 45.1. The van der Waals surface area contributed by atoms with Crippen LogP contribution in [0.4, 0.5) is 0 Å². The summed E-state index contributed by atoms with van der Waals surface area (Å²) in [6, 6.07) is 12.7. The van der Waals surface area contributed by atoms with Gasteiger partial charge in [0, 0.05) is 37.5 Å². The zero-order valence-corrected chi connectivity index (χ0v) is 48.1. The van der Waals surface area contributed by atoms with Gasteiger partial charge in [-0.2, -0.15) is 0 Å². The SMILES string of the molecule is C.COc1cccc2c1C[C@H]1CC(=O)C(CC[C@@H](C)CO[Si](C)(C)C(C)(C)C)=C1[C@@H]2O[Si](C)(C)C(C)(C)C.COc1cccc2c1C[C@H]1CC(=O)C(CC[C@@H](C)CO[Si](C)(C)C(C)(C)C)[C@H]1C2. The first kappa shape index (κ1) is 57.2. The van der Waals surface area contributed by atoms with Gasteiger partial charge in [0.15, 0.2) is 30.7 Å². The van der Waals surface area contributed by atoms with E-state index >= 15 is 0 Å². The van der Waals surface area contributed by atoms with Gasteiger partial charge in [0.05, 0.1) is 20.3 Å². The predicted molar refractivity (Wildman–Crippen MR) is 288 cm³/mol. The lowest BCUT2D eigenvalue weighted by Crippen LogP contribution is -2.43. The van der Waals surface area contributed by atoms with Crippen LogP contribution in [0.1, 0.15) is 150 Å². The molecule has 378 valence electrons. The standard InChI is InChI=1S/C31H52O4Si2.C25H40O3Si.CH4/c1-21(20-34-36(9,10)30(2,3)4)16-17-24-26(32)19-22-18-25-23(14-13-15-27(25)33-8)29(28(22)24)35-37(11,12)31(5,6)7;1-17(16-28-29(6,7)25(2,3)4)11-12-20-21-13-18-9-8-10-24(27-5)22(18)14-19(21)15-23(20)26;/h13-15,21-22,29H,16-20H2,1-12H3;8-10,17,19-21H,11-16H2,1-7H3;1H4/t21-,22+,29-;17-,19+,20?,21+;/m11./s1. The summed E-state index contributed by atoms with van der Waals surface area (Å²) in [5, 5.41) is 0.534. The molecule has 0 amide bonds. The Bertz CT molecular complexity index is 2050. The Balaban J connectivity index is 0.000000296. The molecule has 0 spiro atoms. The van der Waals surface area contributed by atoms with Gasteiger partial charge in [-0.25, -0.2) is 0 Å². The molecule has 4 aliphatic carbocycles. The highest BCUT2D eigenvalue weighted by Crippen LogP contribution is 2.53. The largest absolute Gasteiger partial charge is 0.496 e. The van der Waals surface area contributed by atoms with Gasteiger partial charge >= 0.3 is 0 Å². The van der Waals surface area contributed by atoms with Crippen molar-refractivity contribution in [2.45, 2.75) is 202 Å². The fraction of sp³-hybridized carbons (Fsp3) is 0.719. The summed E-state index contributed by atoms with van der Waals surface area (Å²) in [5.74, 6) is 5.07. The molecule has 6 rings (SSSR count). The van der Waals surface area contributed by atoms with E-state index in [0.29, 0.717) is 41.7 Å². The molecule has 0 aromatic heterocycles. The third-order valence-electron chi connectivity index (χ3n) is 17.5. The highest BCUT2D eigenvalue weighted by atomic mass is 28.4. The Morgan fingerprint density at radius 1 is 0.642 bits per heavy atom. The number of methoxy groups -OCH3 is 2. The normalized spacial score (nSPS) is 23.0. The molecule has 0 radical (unpaired) electrons. The van der Waals surface area contributed by atoms with Crippen LogP contribution in [0.3, 0.4) is 0 Å². The summed E-state index contributed by atoms with van der Waals surface area (Å²) in [7, 11) is -2.09. The van der Waals surface area contributed by atoms with Crippen LogP contribution in [-0.2, 0) is 42.1 Å². The van der Waals surface area contributed by atoms with E-state index in [9.17, 15) is 9.59 Å². The molecular formula is C57H96O7Si3. The van der Waals surface area contributed by atoms with E-state index in [1.165, 1.54) is 27.8 Å². The molecule has 1 unspecified atom stereocenters. The fourth-order valence-corrected chi connectivity index (χ4v) is 13.4. The van der Waals surface area contributed by atoms with Gasteiger partial charge in [0.2, 0.25) is 0 Å². The lowest BCUT2D eigenvalue weighted by atomic mass is 9.73. The molecule has 2 aromatic carbocycles. The second-order valence-corrected chi connectivity index (χ2v) is 39.8. The first-order valence-corrected chi connectivity index (χ1v) is 34.2. The molecule has 67 heavy (non-hydrogen) atoms. The van der Waals surface area contributed by atoms with Crippen LogP contribution in [0, 0.1) is 35.5 Å². The number of fused-ring (bicyclic) bond motifs is 4. The van der Waals surface area contributed by atoms with Crippen molar-refractivity contribution in [3.63, 3.8) is 0 Å². The Morgan fingerprint density at radius 3 is 1.70 bits per heavy atom. The van der Waals surface area contributed by atoms with Crippen molar-refractivity contribution < 1.29 is 32.3 Å². The first-order valence-electron chi connectivity index (χ1n) is 25.5. The summed E-state index contributed by atoms with van der Waals surface area (Å²) >= 11 is 0. The van der Waals surface area contributed by atoms with Crippen molar-refractivity contribution in [1.29, 1.82) is 0 Å². The molecule has 7 atom stereocenters. The van der Waals surface area contributed by atoms with Gasteiger partial charge in [-0.1, -0.05) is 108 Å². The van der Waals surface area contributed by atoms with Crippen molar-refractivity contribution in [1.82, 2.24) is 0 Å². The number of Topliss-reactive ketones (excluding diaryl/α,β-unsaturated/α-hetero) is 2. The van der Waals surface area contributed by atoms with Crippen molar-refractivity contribution in [2.75, 3.05) is 27.4 Å². The van der Waals surface area contributed by atoms with E-state index in [0.717, 1.165) is 81.7 Å². The lowest BCUT2D eigenvalue weighted by Gasteiger charge is -2.43. The molecule has 0 heterocycles. The van der Waals surface area contributed by atoms with Crippen LogP contribution < -0.4 is 9.47 Å². The molecule has 1 saturated carbocycles. The molecule has 0 N–H and O–H groups in total. The second kappa shape index (κ2) is 22.0. The maximum Gasteiger partial charge on any atom is 0.193 e. The number of ketones is 2. The highest BCUT2D eigenvalue weighted by Gasteiger charge is 2.48. The van der Waals surface area contributed by atoms with Crippen LogP contribution in [0.2, 0.25) is 54.4 Å². The Kier molecular flexibility index (Phi) is 18.8. The van der Waals surface area contributed by atoms with E-state index in [2.05, 4.69) is 146 Å². The average Bonchev–Trinajstić information content (AvgIpc) is 3.70. The lowest BCUT2D eigenvalue weighted by molar-refractivity contribution is -0.121. The maximum atomic E-state index is 13.5. The van der Waals surface area contributed by atoms with E-state index in [4.69, 9.17) is 22.8 Å². The van der Waals surface area contributed by atoms with E-state index in [-0.39, 0.29) is 40.5 Å². The fourth-order valence-electron chi connectivity index (χ4n) is 9.89. The van der Waals surface area contributed by atoms with Crippen LogP contribution in [0.15, 0.2) is 47.5 Å². The van der Waals surface area contributed by atoms with Gasteiger partial charge in [-0.15, -0.1) is 0 Å². The number of allylic oxidation sites excluding steroid dienone is 1. The van der Waals surface area contributed by atoms with Crippen molar-refractivity contribution in [3.05, 3.63) is 69.8 Å². The van der Waals surface area contributed by atoms with E-state index in [1.54, 1.807) is 14.2 Å². The summed E-state index contributed by atoms with van der Waals surface area (Å²) in [4.78, 5) is 26.3. The van der Waals surface area contributed by atoms with Crippen LogP contribution in [0.25, 0.3) is 0 Å². The minimum absolute atomic E-state index is 0.